The standard InChI is InChI=1S/C9H12FNO/c1-7(10)9-4-2-8(3-5-9)6-11-12/h2-5,7,11-12H,6H2,1H3. The minimum atomic E-state index is -0.930. The van der Waals surface area contributed by atoms with E-state index >= 15 is 0 Å². The third kappa shape index (κ3) is 2.29. The molecular formula is C9H12FNO. The van der Waals surface area contributed by atoms with Crippen LogP contribution >= 0.6 is 0 Å². The number of halogens is 1. The molecule has 1 unspecified atom stereocenters. The molecule has 0 radical (unpaired) electrons. The van der Waals surface area contributed by atoms with Gasteiger partial charge in [-0.05, 0) is 18.1 Å². The Balaban J connectivity index is 2.71. The second-order valence-corrected chi connectivity index (χ2v) is 2.69. The van der Waals surface area contributed by atoms with Gasteiger partial charge in [0.25, 0.3) is 0 Å². The van der Waals surface area contributed by atoms with Crippen molar-refractivity contribution in [3.05, 3.63) is 35.4 Å². The predicted octanol–water partition coefficient (Wildman–Crippen LogP) is 2.20. The van der Waals surface area contributed by atoms with Gasteiger partial charge in [-0.3, -0.25) is 0 Å². The van der Waals surface area contributed by atoms with Crippen LogP contribution in [0.1, 0.15) is 24.2 Å². The smallest absolute Gasteiger partial charge is 0.122 e. The molecule has 0 heterocycles. The molecule has 0 fully saturated rings. The average molecular weight is 169 g/mol. The molecule has 0 aliphatic carbocycles. The first-order valence-electron chi connectivity index (χ1n) is 3.84. The zero-order valence-corrected chi connectivity index (χ0v) is 6.92. The molecule has 12 heavy (non-hydrogen) atoms. The highest BCUT2D eigenvalue weighted by Gasteiger charge is 2.00. The molecule has 0 saturated carbocycles. The molecule has 0 spiro atoms. The molecule has 1 rings (SSSR count). The van der Waals surface area contributed by atoms with Crippen molar-refractivity contribution in [1.29, 1.82) is 0 Å². The van der Waals surface area contributed by atoms with Crippen molar-refractivity contribution in [2.45, 2.75) is 19.6 Å². The molecule has 1 aromatic rings. The molecular weight excluding hydrogens is 157 g/mol. The van der Waals surface area contributed by atoms with Gasteiger partial charge >= 0.3 is 0 Å². The van der Waals surface area contributed by atoms with Crippen LogP contribution in [0.15, 0.2) is 24.3 Å². The maximum Gasteiger partial charge on any atom is 0.122 e. The van der Waals surface area contributed by atoms with Crippen LogP contribution in [0.3, 0.4) is 0 Å². The Morgan fingerprint density at radius 3 is 2.42 bits per heavy atom. The van der Waals surface area contributed by atoms with Crippen LogP contribution in [0.2, 0.25) is 0 Å². The number of hydrogen-bond donors (Lipinski definition) is 2. The summed E-state index contributed by atoms with van der Waals surface area (Å²) in [6.07, 6.45) is -0.930. The Bertz CT molecular complexity index is 233. The van der Waals surface area contributed by atoms with Crippen LogP contribution in [0, 0.1) is 0 Å². The minimum absolute atomic E-state index is 0.390. The van der Waals surface area contributed by atoms with Crippen LogP contribution in [0.25, 0.3) is 0 Å². The van der Waals surface area contributed by atoms with Gasteiger partial charge in [-0.25, -0.2) is 9.87 Å². The van der Waals surface area contributed by atoms with Gasteiger partial charge < -0.3 is 5.21 Å². The maximum atomic E-state index is 12.7. The summed E-state index contributed by atoms with van der Waals surface area (Å²) in [5.41, 5.74) is 3.63. The first-order valence-corrected chi connectivity index (χ1v) is 3.84. The van der Waals surface area contributed by atoms with Crippen LogP contribution < -0.4 is 5.48 Å². The fourth-order valence-electron chi connectivity index (χ4n) is 0.992. The number of benzene rings is 1. The summed E-state index contributed by atoms with van der Waals surface area (Å²) in [4.78, 5) is 0. The van der Waals surface area contributed by atoms with Crippen molar-refractivity contribution < 1.29 is 9.60 Å². The Kier molecular flexibility index (Phi) is 3.19. The summed E-state index contributed by atoms with van der Waals surface area (Å²) in [5.74, 6) is 0. The third-order valence-electron chi connectivity index (χ3n) is 1.72. The normalized spacial score (nSPS) is 12.9. The molecule has 1 aromatic carbocycles. The molecule has 0 amide bonds. The van der Waals surface area contributed by atoms with Gasteiger partial charge in [0.15, 0.2) is 0 Å². The first-order chi connectivity index (χ1) is 5.74. The summed E-state index contributed by atoms with van der Waals surface area (Å²) >= 11 is 0. The Morgan fingerprint density at radius 1 is 1.42 bits per heavy atom. The summed E-state index contributed by atoms with van der Waals surface area (Å²) in [5, 5.41) is 8.37. The molecule has 1 atom stereocenters. The van der Waals surface area contributed by atoms with E-state index in [-0.39, 0.29) is 0 Å². The van der Waals surface area contributed by atoms with E-state index < -0.39 is 6.17 Å². The number of rotatable bonds is 3. The van der Waals surface area contributed by atoms with Gasteiger partial charge in [-0.15, -0.1) is 0 Å². The highest BCUT2D eigenvalue weighted by atomic mass is 19.1. The van der Waals surface area contributed by atoms with E-state index in [1.807, 2.05) is 5.48 Å². The Morgan fingerprint density at radius 2 is 2.00 bits per heavy atom. The van der Waals surface area contributed by atoms with Gasteiger partial charge in [0.1, 0.15) is 6.17 Å². The lowest BCUT2D eigenvalue weighted by Crippen LogP contribution is -2.05. The van der Waals surface area contributed by atoms with Gasteiger partial charge in [0, 0.05) is 6.54 Å². The molecule has 0 saturated heterocycles. The van der Waals surface area contributed by atoms with Gasteiger partial charge in [-0.1, -0.05) is 24.3 Å². The number of alkyl halides is 1. The second kappa shape index (κ2) is 4.18. The molecule has 66 valence electrons. The first kappa shape index (κ1) is 9.16. The second-order valence-electron chi connectivity index (χ2n) is 2.69. The molecule has 2 N–H and O–H groups in total. The van der Waals surface area contributed by atoms with Crippen LogP contribution in [-0.2, 0) is 6.54 Å². The molecule has 2 nitrogen and oxygen atoms in total. The summed E-state index contributed by atoms with van der Waals surface area (Å²) in [6.45, 7) is 1.89. The summed E-state index contributed by atoms with van der Waals surface area (Å²) < 4.78 is 12.7. The topological polar surface area (TPSA) is 32.3 Å². The van der Waals surface area contributed by atoms with Crippen LogP contribution in [0.4, 0.5) is 4.39 Å². The molecule has 0 aliphatic heterocycles. The fraction of sp³-hybridized carbons (Fsp3) is 0.333. The van der Waals surface area contributed by atoms with E-state index in [1.165, 1.54) is 6.92 Å². The third-order valence-corrected chi connectivity index (χ3v) is 1.72. The number of hydroxylamine groups is 1. The molecule has 0 aromatic heterocycles. The number of nitrogens with one attached hydrogen (secondary N) is 1. The van der Waals surface area contributed by atoms with Crippen molar-refractivity contribution in [2.75, 3.05) is 0 Å². The maximum absolute atomic E-state index is 12.7. The summed E-state index contributed by atoms with van der Waals surface area (Å²) in [6, 6.07) is 7.01. The van der Waals surface area contributed by atoms with Crippen molar-refractivity contribution >= 4 is 0 Å². The average Bonchev–Trinajstić information content (AvgIpc) is 2.06. The van der Waals surface area contributed by atoms with E-state index in [0.717, 1.165) is 5.56 Å². The van der Waals surface area contributed by atoms with Crippen molar-refractivity contribution in [3.63, 3.8) is 0 Å². The van der Waals surface area contributed by atoms with Crippen LogP contribution in [0.5, 0.6) is 0 Å². The molecule has 3 heteroatoms. The Labute approximate surface area is 71.0 Å². The van der Waals surface area contributed by atoms with Gasteiger partial charge in [0.2, 0.25) is 0 Å². The quantitative estimate of drug-likeness (QED) is 0.680. The van der Waals surface area contributed by atoms with E-state index in [2.05, 4.69) is 0 Å². The van der Waals surface area contributed by atoms with E-state index in [1.54, 1.807) is 24.3 Å². The van der Waals surface area contributed by atoms with Gasteiger partial charge in [0.05, 0.1) is 0 Å². The zero-order valence-electron chi connectivity index (χ0n) is 6.92. The monoisotopic (exact) mass is 169 g/mol. The van der Waals surface area contributed by atoms with E-state index in [0.29, 0.717) is 12.1 Å². The lowest BCUT2D eigenvalue weighted by Gasteiger charge is -2.03. The van der Waals surface area contributed by atoms with Crippen LogP contribution in [-0.4, -0.2) is 5.21 Å². The number of hydrogen-bond acceptors (Lipinski definition) is 2. The van der Waals surface area contributed by atoms with Gasteiger partial charge in [-0.2, -0.15) is 0 Å². The highest BCUT2D eigenvalue weighted by molar-refractivity contribution is 5.23. The zero-order chi connectivity index (χ0) is 8.97. The fourth-order valence-corrected chi connectivity index (χ4v) is 0.992. The van der Waals surface area contributed by atoms with Crippen molar-refractivity contribution in [3.8, 4) is 0 Å². The highest BCUT2D eigenvalue weighted by Crippen LogP contribution is 2.16. The predicted molar refractivity (Wildman–Crippen MR) is 44.6 cm³/mol. The lowest BCUT2D eigenvalue weighted by atomic mass is 10.1. The largest absolute Gasteiger partial charge is 0.316 e. The SMILES string of the molecule is CC(F)c1ccc(CNO)cc1. The summed E-state index contributed by atoms with van der Waals surface area (Å²) in [7, 11) is 0. The van der Waals surface area contributed by atoms with Crippen molar-refractivity contribution in [1.82, 2.24) is 5.48 Å². The molecule has 0 aliphatic rings. The molecule has 0 bridgehead atoms. The van der Waals surface area contributed by atoms with E-state index in [9.17, 15) is 4.39 Å². The minimum Gasteiger partial charge on any atom is -0.316 e. The lowest BCUT2D eigenvalue weighted by molar-refractivity contribution is 0.161. The Hall–Kier alpha value is -0.930. The van der Waals surface area contributed by atoms with E-state index in [4.69, 9.17) is 5.21 Å². The van der Waals surface area contributed by atoms with Crippen molar-refractivity contribution in [2.24, 2.45) is 0 Å².